The van der Waals surface area contributed by atoms with Crippen LogP contribution in [0.15, 0.2) is 0 Å². The molecule has 0 aliphatic heterocycles. The lowest BCUT2D eigenvalue weighted by atomic mass is 10.2. The molecule has 0 saturated carbocycles. The maximum absolute atomic E-state index is 10.9. The minimum atomic E-state index is -0.337. The van der Waals surface area contributed by atoms with Gasteiger partial charge in [0, 0.05) is 13.2 Å². The van der Waals surface area contributed by atoms with Crippen LogP contribution in [0.5, 0.6) is 0 Å². The first-order valence-electron chi connectivity index (χ1n) is 6.23. The Balaban J connectivity index is 3.01. The fraction of sp³-hybridized carbons (Fsp3) is 0.917. The smallest absolute Gasteiger partial charge is 0.332 e. The average Bonchev–Trinajstić information content (AvgIpc) is 2.32. The van der Waals surface area contributed by atoms with Crippen molar-refractivity contribution in [1.29, 1.82) is 0 Å². The summed E-state index contributed by atoms with van der Waals surface area (Å²) in [6, 6.07) is 0. The molecule has 0 aromatic rings. The first kappa shape index (κ1) is 16.4. The number of carbonyl (C=O) groups excluding carboxylic acids is 1. The van der Waals surface area contributed by atoms with Crippen molar-refractivity contribution < 1.29 is 24.1 Å². The summed E-state index contributed by atoms with van der Waals surface area (Å²) < 4.78 is 15.1. The summed E-state index contributed by atoms with van der Waals surface area (Å²) in [6.07, 6.45) is 3.98. The van der Waals surface area contributed by atoms with Crippen molar-refractivity contribution in [3.8, 4) is 0 Å². The monoisotopic (exact) mass is 248 g/mol. The van der Waals surface area contributed by atoms with Gasteiger partial charge < -0.3 is 19.3 Å². The molecule has 1 N–H and O–H groups in total. The zero-order valence-electron chi connectivity index (χ0n) is 10.7. The van der Waals surface area contributed by atoms with Crippen LogP contribution in [0.2, 0.25) is 0 Å². The average molecular weight is 248 g/mol. The summed E-state index contributed by atoms with van der Waals surface area (Å²) in [6.45, 7) is 4.02. The summed E-state index contributed by atoms with van der Waals surface area (Å²) >= 11 is 0. The topological polar surface area (TPSA) is 65.0 Å². The van der Waals surface area contributed by atoms with Crippen LogP contribution in [0.3, 0.4) is 0 Å². The number of carbonyl (C=O) groups is 1. The fourth-order valence-corrected chi connectivity index (χ4v) is 1.25. The molecule has 0 aliphatic carbocycles. The summed E-state index contributed by atoms with van der Waals surface area (Å²) in [5, 5.41) is 8.56. The van der Waals surface area contributed by atoms with Gasteiger partial charge in [-0.05, 0) is 19.8 Å². The van der Waals surface area contributed by atoms with Crippen molar-refractivity contribution in [3.63, 3.8) is 0 Å². The second kappa shape index (κ2) is 13.4. The van der Waals surface area contributed by atoms with Gasteiger partial charge in [-0.2, -0.15) is 0 Å². The van der Waals surface area contributed by atoms with Crippen LogP contribution in [0, 0.1) is 0 Å². The van der Waals surface area contributed by atoms with E-state index >= 15 is 0 Å². The molecule has 17 heavy (non-hydrogen) atoms. The molecule has 102 valence electrons. The number of aliphatic hydroxyl groups excluding tert-OH is 1. The van der Waals surface area contributed by atoms with Gasteiger partial charge in [0.05, 0.1) is 19.8 Å². The summed E-state index contributed by atoms with van der Waals surface area (Å²) in [5.41, 5.74) is 0. The molecular formula is C12H24O5. The lowest BCUT2D eigenvalue weighted by Crippen LogP contribution is -2.15. The fourth-order valence-electron chi connectivity index (χ4n) is 1.25. The van der Waals surface area contributed by atoms with E-state index in [1.165, 1.54) is 0 Å². The van der Waals surface area contributed by atoms with Gasteiger partial charge in [0.15, 0.2) is 0 Å². The van der Waals surface area contributed by atoms with Gasteiger partial charge in [-0.1, -0.05) is 12.8 Å². The summed E-state index contributed by atoms with van der Waals surface area (Å²) in [5.74, 6) is -0.337. The highest BCUT2D eigenvalue weighted by molar-refractivity contribution is 5.70. The van der Waals surface area contributed by atoms with Crippen molar-refractivity contribution in [3.05, 3.63) is 0 Å². The van der Waals surface area contributed by atoms with Crippen molar-refractivity contribution in [2.45, 2.75) is 32.6 Å². The van der Waals surface area contributed by atoms with E-state index < -0.39 is 0 Å². The lowest BCUT2D eigenvalue weighted by molar-refractivity contribution is -0.148. The first-order chi connectivity index (χ1) is 8.31. The van der Waals surface area contributed by atoms with Gasteiger partial charge in [-0.25, -0.2) is 4.79 Å². The summed E-state index contributed by atoms with van der Waals surface area (Å²) in [4.78, 5) is 10.9. The Bertz CT molecular complexity index is 172. The predicted octanol–water partition coefficient (Wildman–Crippen LogP) is 1.14. The van der Waals surface area contributed by atoms with Crippen LogP contribution in [0.1, 0.15) is 32.6 Å². The minimum absolute atomic E-state index is 0.00625. The maximum Gasteiger partial charge on any atom is 0.332 e. The molecule has 0 atom stereocenters. The number of aliphatic hydroxyl groups is 1. The molecule has 0 bridgehead atoms. The van der Waals surface area contributed by atoms with Crippen LogP contribution >= 0.6 is 0 Å². The zero-order valence-corrected chi connectivity index (χ0v) is 10.7. The number of unbranched alkanes of at least 4 members (excludes halogenated alkanes) is 3. The van der Waals surface area contributed by atoms with E-state index in [1.807, 2.05) is 0 Å². The molecule has 0 aromatic heterocycles. The van der Waals surface area contributed by atoms with E-state index in [1.54, 1.807) is 6.92 Å². The molecule has 0 aromatic carbocycles. The Morgan fingerprint density at radius 3 is 2.41 bits per heavy atom. The van der Waals surface area contributed by atoms with Crippen LogP contribution in [0.4, 0.5) is 0 Å². The SMILES string of the molecule is CCOC(=O)COCCOCCCCCCO. The quantitative estimate of drug-likeness (QED) is 0.414. The van der Waals surface area contributed by atoms with E-state index in [0.29, 0.717) is 26.4 Å². The van der Waals surface area contributed by atoms with E-state index in [0.717, 1.165) is 25.7 Å². The van der Waals surface area contributed by atoms with Crippen LogP contribution in [-0.4, -0.2) is 50.7 Å². The molecule has 0 rings (SSSR count). The largest absolute Gasteiger partial charge is 0.464 e. The number of hydrogen-bond donors (Lipinski definition) is 1. The Kier molecular flexibility index (Phi) is 12.9. The molecule has 0 aliphatic rings. The zero-order chi connectivity index (χ0) is 12.8. The molecule has 0 unspecified atom stereocenters. The molecule has 0 fully saturated rings. The van der Waals surface area contributed by atoms with Crippen LogP contribution in [-0.2, 0) is 19.0 Å². The van der Waals surface area contributed by atoms with Gasteiger partial charge in [0.1, 0.15) is 6.61 Å². The van der Waals surface area contributed by atoms with Gasteiger partial charge in [0.2, 0.25) is 0 Å². The lowest BCUT2D eigenvalue weighted by Gasteiger charge is -2.05. The molecule has 0 saturated heterocycles. The number of hydrogen-bond acceptors (Lipinski definition) is 5. The van der Waals surface area contributed by atoms with E-state index in [9.17, 15) is 4.79 Å². The van der Waals surface area contributed by atoms with Gasteiger partial charge in [-0.3, -0.25) is 0 Å². The third-order valence-corrected chi connectivity index (χ3v) is 2.09. The van der Waals surface area contributed by atoms with Crippen LogP contribution in [0.25, 0.3) is 0 Å². The van der Waals surface area contributed by atoms with E-state index in [-0.39, 0.29) is 19.2 Å². The Labute approximate surface area is 103 Å². The Hall–Kier alpha value is -0.650. The third kappa shape index (κ3) is 13.3. The highest BCUT2D eigenvalue weighted by Gasteiger charge is 2.00. The second-order valence-electron chi connectivity index (χ2n) is 3.61. The summed E-state index contributed by atoms with van der Waals surface area (Å²) in [7, 11) is 0. The van der Waals surface area contributed by atoms with Gasteiger partial charge in [-0.15, -0.1) is 0 Å². The first-order valence-corrected chi connectivity index (χ1v) is 6.23. The van der Waals surface area contributed by atoms with Crippen molar-refractivity contribution >= 4 is 5.97 Å². The molecule has 0 amide bonds. The number of esters is 1. The van der Waals surface area contributed by atoms with E-state index in [4.69, 9.17) is 19.3 Å². The van der Waals surface area contributed by atoms with Crippen molar-refractivity contribution in [2.75, 3.05) is 39.6 Å². The third-order valence-electron chi connectivity index (χ3n) is 2.09. The highest BCUT2D eigenvalue weighted by atomic mass is 16.6. The normalized spacial score (nSPS) is 10.5. The number of rotatable bonds is 12. The Morgan fingerprint density at radius 1 is 1.00 bits per heavy atom. The molecule has 0 heterocycles. The molecule has 5 heteroatoms. The second-order valence-corrected chi connectivity index (χ2v) is 3.61. The van der Waals surface area contributed by atoms with Crippen molar-refractivity contribution in [2.24, 2.45) is 0 Å². The van der Waals surface area contributed by atoms with Gasteiger partial charge in [0.25, 0.3) is 0 Å². The molecule has 5 nitrogen and oxygen atoms in total. The van der Waals surface area contributed by atoms with Gasteiger partial charge >= 0.3 is 5.97 Å². The highest BCUT2D eigenvalue weighted by Crippen LogP contribution is 1.98. The van der Waals surface area contributed by atoms with Crippen LogP contribution < -0.4 is 0 Å². The molecule has 0 radical (unpaired) electrons. The predicted molar refractivity (Wildman–Crippen MR) is 63.8 cm³/mol. The Morgan fingerprint density at radius 2 is 1.71 bits per heavy atom. The molecule has 0 spiro atoms. The standard InChI is InChI=1S/C12H24O5/c1-2-17-12(14)11-16-10-9-15-8-6-4-3-5-7-13/h13H,2-11H2,1H3. The van der Waals surface area contributed by atoms with E-state index in [2.05, 4.69) is 0 Å². The number of ether oxygens (including phenoxy) is 3. The minimum Gasteiger partial charge on any atom is -0.464 e. The van der Waals surface area contributed by atoms with Crippen molar-refractivity contribution in [1.82, 2.24) is 0 Å². The maximum atomic E-state index is 10.9. The molecular weight excluding hydrogens is 224 g/mol.